The maximum Gasteiger partial charge on any atom is 0.319 e. The largest absolute Gasteiger partial charge is 0.481 e. The van der Waals surface area contributed by atoms with Gasteiger partial charge in [0.1, 0.15) is 0 Å². The van der Waals surface area contributed by atoms with E-state index in [0.29, 0.717) is 12.2 Å². The predicted molar refractivity (Wildman–Crippen MR) is 80.2 cm³/mol. The molecule has 6 nitrogen and oxygen atoms in total. The number of urea groups is 1. The quantitative estimate of drug-likeness (QED) is 0.787. The molecule has 0 saturated heterocycles. The molecule has 0 aliphatic carbocycles. The molecule has 0 radical (unpaired) electrons. The number of carbonyl (C=O) groups is 2. The molecular weight excluding hydrogens is 270 g/mol. The van der Waals surface area contributed by atoms with E-state index in [2.05, 4.69) is 15.6 Å². The van der Waals surface area contributed by atoms with Crippen molar-refractivity contribution in [1.82, 2.24) is 10.3 Å². The summed E-state index contributed by atoms with van der Waals surface area (Å²) in [7, 11) is 0. The smallest absolute Gasteiger partial charge is 0.319 e. The normalized spacial score (nSPS) is 11.9. The van der Waals surface area contributed by atoms with Gasteiger partial charge in [0, 0.05) is 30.7 Å². The molecule has 0 aliphatic heterocycles. The average Bonchev–Trinajstić information content (AvgIpc) is 2.45. The third kappa shape index (κ3) is 4.17. The van der Waals surface area contributed by atoms with Crippen molar-refractivity contribution in [3.05, 3.63) is 36.7 Å². The molecule has 1 heterocycles. The van der Waals surface area contributed by atoms with Crippen LogP contribution >= 0.6 is 0 Å². The lowest BCUT2D eigenvalue weighted by Crippen LogP contribution is -2.33. The summed E-state index contributed by atoms with van der Waals surface area (Å²) < 4.78 is 0. The number of pyridine rings is 1. The lowest BCUT2D eigenvalue weighted by molar-refractivity contribution is -0.137. The summed E-state index contributed by atoms with van der Waals surface area (Å²) in [5.74, 6) is -0.993. The van der Waals surface area contributed by atoms with Gasteiger partial charge in [-0.15, -0.1) is 0 Å². The molecule has 2 amide bonds. The molecule has 1 unspecified atom stereocenters. The van der Waals surface area contributed by atoms with Gasteiger partial charge in [0.25, 0.3) is 0 Å². The topological polar surface area (TPSA) is 91.3 Å². The van der Waals surface area contributed by atoms with Gasteiger partial charge in [-0.3, -0.25) is 9.78 Å². The summed E-state index contributed by atoms with van der Waals surface area (Å²) in [5, 5.41) is 15.9. The molecular formula is C15H17N3O3. The van der Waals surface area contributed by atoms with Gasteiger partial charge in [0.15, 0.2) is 0 Å². The minimum absolute atomic E-state index is 0.0263. The van der Waals surface area contributed by atoms with Crippen LogP contribution in [-0.4, -0.2) is 28.6 Å². The number of carbonyl (C=O) groups excluding carboxylic acids is 1. The number of carboxylic acids is 1. The first-order chi connectivity index (χ1) is 10.1. The Morgan fingerprint density at radius 3 is 2.90 bits per heavy atom. The van der Waals surface area contributed by atoms with Crippen LogP contribution in [0.3, 0.4) is 0 Å². The number of aliphatic carboxylic acids is 1. The van der Waals surface area contributed by atoms with Crippen LogP contribution in [0.5, 0.6) is 0 Å². The lowest BCUT2D eigenvalue weighted by atomic mass is 10.1. The highest BCUT2D eigenvalue weighted by Crippen LogP contribution is 2.21. The Morgan fingerprint density at radius 2 is 2.14 bits per heavy atom. The van der Waals surface area contributed by atoms with Crippen LogP contribution in [-0.2, 0) is 4.79 Å². The number of hydrogen-bond donors (Lipinski definition) is 3. The summed E-state index contributed by atoms with van der Waals surface area (Å²) in [6, 6.07) is 7.10. The fourth-order valence-electron chi connectivity index (χ4n) is 2.03. The zero-order chi connectivity index (χ0) is 15.2. The van der Waals surface area contributed by atoms with Gasteiger partial charge in [-0.2, -0.15) is 0 Å². The Kier molecular flexibility index (Phi) is 4.71. The molecule has 1 atom stereocenters. The molecule has 0 fully saturated rings. The molecule has 0 spiro atoms. The number of amides is 2. The summed E-state index contributed by atoms with van der Waals surface area (Å²) in [6.07, 6.45) is 3.41. The molecule has 21 heavy (non-hydrogen) atoms. The molecule has 6 heteroatoms. The Bertz CT molecular complexity index is 652. The number of benzene rings is 1. The number of hydrogen-bond acceptors (Lipinski definition) is 3. The van der Waals surface area contributed by atoms with Crippen LogP contribution in [0.2, 0.25) is 0 Å². The van der Waals surface area contributed by atoms with Crippen LogP contribution in [0.25, 0.3) is 10.8 Å². The second kappa shape index (κ2) is 6.69. The van der Waals surface area contributed by atoms with Gasteiger partial charge < -0.3 is 15.7 Å². The van der Waals surface area contributed by atoms with Gasteiger partial charge >= 0.3 is 12.0 Å². The second-order valence-corrected chi connectivity index (χ2v) is 4.94. The minimum Gasteiger partial charge on any atom is -0.481 e. The molecule has 0 aliphatic rings. The van der Waals surface area contributed by atoms with Gasteiger partial charge in [-0.05, 0) is 23.4 Å². The van der Waals surface area contributed by atoms with Crippen molar-refractivity contribution in [2.75, 3.05) is 11.9 Å². The summed E-state index contributed by atoms with van der Waals surface area (Å²) in [4.78, 5) is 26.5. The van der Waals surface area contributed by atoms with Crippen molar-refractivity contribution in [1.29, 1.82) is 0 Å². The lowest BCUT2D eigenvalue weighted by Gasteiger charge is -2.12. The Balaban J connectivity index is 1.97. The first-order valence-electron chi connectivity index (χ1n) is 6.65. The number of aromatic nitrogens is 1. The van der Waals surface area contributed by atoms with Gasteiger partial charge in [-0.1, -0.05) is 19.1 Å². The van der Waals surface area contributed by atoms with E-state index in [-0.39, 0.29) is 18.4 Å². The standard InChI is InChI=1S/C15H17N3O3/c1-10(7-14(19)20)8-17-15(21)18-13-4-2-3-11-5-6-16-9-12(11)13/h2-6,9-10H,7-8H2,1H3,(H,19,20)(H2,17,18,21). The van der Waals surface area contributed by atoms with Crippen LogP contribution < -0.4 is 10.6 Å². The number of fused-ring (bicyclic) bond motifs is 1. The summed E-state index contributed by atoms with van der Waals surface area (Å²) in [6.45, 7) is 2.08. The summed E-state index contributed by atoms with van der Waals surface area (Å²) in [5.41, 5.74) is 0.670. The first-order valence-corrected chi connectivity index (χ1v) is 6.65. The van der Waals surface area contributed by atoms with Crippen molar-refractivity contribution in [2.45, 2.75) is 13.3 Å². The molecule has 1 aromatic carbocycles. The number of rotatable bonds is 5. The molecule has 0 saturated carbocycles. The minimum atomic E-state index is -0.871. The number of nitrogens with one attached hydrogen (secondary N) is 2. The zero-order valence-corrected chi connectivity index (χ0v) is 11.7. The van der Waals surface area contributed by atoms with Crippen molar-refractivity contribution >= 4 is 28.5 Å². The molecule has 2 aromatic rings. The first kappa shape index (κ1) is 14.8. The SMILES string of the molecule is CC(CNC(=O)Nc1cccc2ccncc12)CC(=O)O. The highest BCUT2D eigenvalue weighted by atomic mass is 16.4. The van der Waals surface area contributed by atoms with Gasteiger partial charge in [-0.25, -0.2) is 4.79 Å². The van der Waals surface area contributed by atoms with E-state index in [1.54, 1.807) is 25.4 Å². The van der Waals surface area contributed by atoms with Crippen LogP contribution in [0, 0.1) is 5.92 Å². The molecule has 3 N–H and O–H groups in total. The van der Waals surface area contributed by atoms with Gasteiger partial charge in [0.05, 0.1) is 5.69 Å². The van der Waals surface area contributed by atoms with Crippen molar-refractivity contribution in [3.63, 3.8) is 0 Å². The zero-order valence-electron chi connectivity index (χ0n) is 11.7. The maximum absolute atomic E-state index is 11.9. The van der Waals surface area contributed by atoms with E-state index in [1.807, 2.05) is 18.2 Å². The van der Waals surface area contributed by atoms with Crippen molar-refractivity contribution in [3.8, 4) is 0 Å². The van der Waals surface area contributed by atoms with E-state index in [9.17, 15) is 9.59 Å². The number of nitrogens with zero attached hydrogens (tertiary/aromatic N) is 1. The van der Waals surface area contributed by atoms with E-state index in [4.69, 9.17) is 5.11 Å². The number of anilines is 1. The van der Waals surface area contributed by atoms with E-state index in [0.717, 1.165) is 10.8 Å². The molecule has 110 valence electrons. The third-order valence-corrected chi connectivity index (χ3v) is 3.07. The van der Waals surface area contributed by atoms with Gasteiger partial charge in [0.2, 0.25) is 0 Å². The highest BCUT2D eigenvalue weighted by molar-refractivity contribution is 6.01. The Morgan fingerprint density at radius 1 is 1.33 bits per heavy atom. The average molecular weight is 287 g/mol. The van der Waals surface area contributed by atoms with Crippen LogP contribution in [0.15, 0.2) is 36.7 Å². The monoisotopic (exact) mass is 287 g/mol. The fourth-order valence-corrected chi connectivity index (χ4v) is 2.03. The molecule has 0 bridgehead atoms. The highest BCUT2D eigenvalue weighted by Gasteiger charge is 2.10. The van der Waals surface area contributed by atoms with Crippen molar-refractivity contribution < 1.29 is 14.7 Å². The van der Waals surface area contributed by atoms with E-state index < -0.39 is 5.97 Å². The van der Waals surface area contributed by atoms with E-state index in [1.165, 1.54) is 0 Å². The van der Waals surface area contributed by atoms with Crippen LogP contribution in [0.4, 0.5) is 10.5 Å². The Hall–Kier alpha value is -2.63. The second-order valence-electron chi connectivity index (χ2n) is 4.94. The molecule has 2 rings (SSSR count). The van der Waals surface area contributed by atoms with Crippen molar-refractivity contribution in [2.24, 2.45) is 5.92 Å². The Labute approximate surface area is 122 Å². The van der Waals surface area contributed by atoms with E-state index >= 15 is 0 Å². The molecule has 1 aromatic heterocycles. The predicted octanol–water partition coefficient (Wildman–Crippen LogP) is 2.47. The number of carboxylic acid groups (broad SMARTS) is 1. The fraction of sp³-hybridized carbons (Fsp3) is 0.267. The van der Waals surface area contributed by atoms with Crippen LogP contribution in [0.1, 0.15) is 13.3 Å². The maximum atomic E-state index is 11.9. The summed E-state index contributed by atoms with van der Waals surface area (Å²) >= 11 is 0. The third-order valence-electron chi connectivity index (χ3n) is 3.07.